The molecule has 0 aliphatic heterocycles. The smallest absolute Gasteiger partial charge is 0.139 e. The molecule has 110 valence electrons. The van der Waals surface area contributed by atoms with Gasteiger partial charge in [0, 0.05) is 43.0 Å². The Hall–Kier alpha value is -1.72. The number of thiazole rings is 1. The highest BCUT2D eigenvalue weighted by Crippen LogP contribution is 2.19. The lowest BCUT2D eigenvalue weighted by molar-refractivity contribution is 0.306. The Kier molecular flexibility index (Phi) is 4.03. The molecule has 0 spiro atoms. The Morgan fingerprint density at radius 3 is 3.00 bits per heavy atom. The third-order valence-corrected chi connectivity index (χ3v) is 4.63. The quantitative estimate of drug-likeness (QED) is 0.724. The first-order valence-electron chi connectivity index (χ1n) is 7.14. The van der Waals surface area contributed by atoms with E-state index in [4.69, 9.17) is 4.98 Å². The number of likely N-dealkylation sites (N-methyl/N-ethyl adjacent to an activating group) is 1. The fraction of sp³-hybridized carbons (Fsp3) is 0.375. The van der Waals surface area contributed by atoms with Crippen LogP contribution in [0.5, 0.6) is 0 Å². The summed E-state index contributed by atoms with van der Waals surface area (Å²) in [5.41, 5.74) is 3.37. The van der Waals surface area contributed by atoms with Crippen LogP contribution in [0.1, 0.15) is 29.1 Å². The molecule has 4 nitrogen and oxygen atoms in total. The van der Waals surface area contributed by atoms with E-state index in [2.05, 4.69) is 59.7 Å². The number of rotatable bonds is 5. The van der Waals surface area contributed by atoms with Crippen molar-refractivity contribution in [1.82, 2.24) is 19.3 Å². The summed E-state index contributed by atoms with van der Waals surface area (Å²) >= 11 is 1.73. The van der Waals surface area contributed by atoms with Crippen LogP contribution < -0.4 is 0 Å². The molecule has 0 aliphatic rings. The summed E-state index contributed by atoms with van der Waals surface area (Å²) in [7, 11) is 2.14. The van der Waals surface area contributed by atoms with Crippen molar-refractivity contribution in [2.75, 3.05) is 13.6 Å². The van der Waals surface area contributed by atoms with E-state index < -0.39 is 0 Å². The Balaban J connectivity index is 1.68. The van der Waals surface area contributed by atoms with Gasteiger partial charge in [0.05, 0.1) is 10.7 Å². The van der Waals surface area contributed by atoms with Crippen molar-refractivity contribution in [3.63, 3.8) is 0 Å². The summed E-state index contributed by atoms with van der Waals surface area (Å²) in [6, 6.07) is 4.16. The topological polar surface area (TPSA) is 33.4 Å². The lowest BCUT2D eigenvalue weighted by Crippen LogP contribution is -2.23. The van der Waals surface area contributed by atoms with Crippen LogP contribution in [0.2, 0.25) is 0 Å². The fourth-order valence-corrected chi connectivity index (χ4v) is 3.33. The SMILES string of the molecule is Cc1cccn2cc(CN(C)CC(C)c3nccs3)nc12. The lowest BCUT2D eigenvalue weighted by atomic mass is 10.2. The predicted molar refractivity (Wildman–Crippen MR) is 86.8 cm³/mol. The molecule has 1 atom stereocenters. The van der Waals surface area contributed by atoms with Gasteiger partial charge in [-0.3, -0.25) is 4.90 Å². The van der Waals surface area contributed by atoms with Crippen LogP contribution in [-0.2, 0) is 6.54 Å². The lowest BCUT2D eigenvalue weighted by Gasteiger charge is -2.18. The molecular formula is C16H20N4S. The highest BCUT2D eigenvalue weighted by atomic mass is 32.1. The highest BCUT2D eigenvalue weighted by molar-refractivity contribution is 7.09. The number of nitrogens with zero attached hydrogens (tertiary/aromatic N) is 4. The van der Waals surface area contributed by atoms with Gasteiger partial charge in [-0.05, 0) is 25.6 Å². The van der Waals surface area contributed by atoms with E-state index in [0.29, 0.717) is 5.92 Å². The zero-order chi connectivity index (χ0) is 14.8. The van der Waals surface area contributed by atoms with Gasteiger partial charge in [0.2, 0.25) is 0 Å². The zero-order valence-corrected chi connectivity index (χ0v) is 13.5. The number of aryl methyl sites for hydroxylation is 1. The van der Waals surface area contributed by atoms with Crippen molar-refractivity contribution in [1.29, 1.82) is 0 Å². The summed E-state index contributed by atoms with van der Waals surface area (Å²) in [5.74, 6) is 0.453. The van der Waals surface area contributed by atoms with E-state index in [1.807, 2.05) is 11.6 Å². The van der Waals surface area contributed by atoms with Crippen LogP contribution in [0.3, 0.4) is 0 Å². The number of fused-ring (bicyclic) bond motifs is 1. The number of aromatic nitrogens is 3. The third-order valence-electron chi connectivity index (χ3n) is 3.62. The van der Waals surface area contributed by atoms with Gasteiger partial charge in [0.15, 0.2) is 0 Å². The summed E-state index contributed by atoms with van der Waals surface area (Å²) in [4.78, 5) is 11.4. The van der Waals surface area contributed by atoms with E-state index in [1.54, 1.807) is 11.3 Å². The van der Waals surface area contributed by atoms with Crippen molar-refractivity contribution in [3.05, 3.63) is 52.4 Å². The summed E-state index contributed by atoms with van der Waals surface area (Å²) < 4.78 is 2.10. The highest BCUT2D eigenvalue weighted by Gasteiger charge is 2.13. The fourth-order valence-electron chi connectivity index (χ4n) is 2.65. The second-order valence-electron chi connectivity index (χ2n) is 5.62. The molecule has 3 aromatic rings. The van der Waals surface area contributed by atoms with Gasteiger partial charge >= 0.3 is 0 Å². The molecule has 21 heavy (non-hydrogen) atoms. The van der Waals surface area contributed by atoms with Crippen LogP contribution in [0.4, 0.5) is 0 Å². The van der Waals surface area contributed by atoms with Crippen LogP contribution in [0, 0.1) is 6.92 Å². The molecule has 0 bridgehead atoms. The molecule has 3 heterocycles. The van der Waals surface area contributed by atoms with Gasteiger partial charge in [-0.25, -0.2) is 9.97 Å². The van der Waals surface area contributed by atoms with E-state index >= 15 is 0 Å². The molecule has 0 saturated carbocycles. The molecule has 5 heteroatoms. The molecule has 0 fully saturated rings. The molecule has 3 aromatic heterocycles. The summed E-state index contributed by atoms with van der Waals surface area (Å²) in [6.07, 6.45) is 6.05. The van der Waals surface area contributed by atoms with E-state index in [1.165, 1.54) is 10.6 Å². The van der Waals surface area contributed by atoms with Gasteiger partial charge in [0.25, 0.3) is 0 Å². The van der Waals surface area contributed by atoms with Crippen LogP contribution >= 0.6 is 11.3 Å². The first-order chi connectivity index (χ1) is 10.1. The average molecular weight is 300 g/mol. The Labute approximate surface area is 129 Å². The first kappa shape index (κ1) is 14.2. The molecule has 0 N–H and O–H groups in total. The number of imidazole rings is 1. The van der Waals surface area contributed by atoms with E-state index in [9.17, 15) is 0 Å². The van der Waals surface area contributed by atoms with Crippen molar-refractivity contribution < 1.29 is 0 Å². The predicted octanol–water partition coefficient (Wildman–Crippen LogP) is 3.33. The van der Waals surface area contributed by atoms with Gasteiger partial charge in [-0.2, -0.15) is 0 Å². The molecule has 1 unspecified atom stereocenters. The van der Waals surface area contributed by atoms with Gasteiger partial charge in [-0.1, -0.05) is 13.0 Å². The Morgan fingerprint density at radius 2 is 2.29 bits per heavy atom. The normalized spacial score (nSPS) is 13.1. The van der Waals surface area contributed by atoms with Crippen molar-refractivity contribution in [2.24, 2.45) is 0 Å². The molecule has 0 aliphatic carbocycles. The molecular weight excluding hydrogens is 280 g/mol. The first-order valence-corrected chi connectivity index (χ1v) is 8.02. The maximum atomic E-state index is 4.73. The van der Waals surface area contributed by atoms with Crippen LogP contribution in [0.15, 0.2) is 36.1 Å². The van der Waals surface area contributed by atoms with Gasteiger partial charge < -0.3 is 4.40 Å². The number of hydrogen-bond donors (Lipinski definition) is 0. The monoisotopic (exact) mass is 300 g/mol. The largest absolute Gasteiger partial charge is 0.307 e. The van der Waals surface area contributed by atoms with Crippen molar-refractivity contribution in [2.45, 2.75) is 26.3 Å². The van der Waals surface area contributed by atoms with Gasteiger partial charge in [0.1, 0.15) is 5.65 Å². The second-order valence-corrected chi connectivity index (χ2v) is 6.55. The Morgan fingerprint density at radius 1 is 1.43 bits per heavy atom. The average Bonchev–Trinajstić information content (AvgIpc) is 3.07. The number of pyridine rings is 1. The minimum Gasteiger partial charge on any atom is -0.307 e. The Bertz CT molecular complexity index is 717. The summed E-state index contributed by atoms with van der Waals surface area (Å²) in [6.45, 7) is 6.17. The molecule has 0 amide bonds. The molecule has 0 aromatic carbocycles. The zero-order valence-electron chi connectivity index (χ0n) is 12.7. The van der Waals surface area contributed by atoms with Gasteiger partial charge in [-0.15, -0.1) is 11.3 Å². The van der Waals surface area contributed by atoms with Crippen LogP contribution in [-0.4, -0.2) is 32.9 Å². The number of hydrogen-bond acceptors (Lipinski definition) is 4. The minimum absolute atomic E-state index is 0.453. The summed E-state index contributed by atoms with van der Waals surface area (Å²) in [5, 5.41) is 3.24. The minimum atomic E-state index is 0.453. The van der Waals surface area contributed by atoms with E-state index in [0.717, 1.165) is 24.4 Å². The van der Waals surface area contributed by atoms with Crippen molar-refractivity contribution >= 4 is 17.0 Å². The maximum Gasteiger partial charge on any atom is 0.139 e. The van der Waals surface area contributed by atoms with E-state index in [-0.39, 0.29) is 0 Å². The maximum absolute atomic E-state index is 4.73. The molecule has 0 saturated heterocycles. The molecule has 0 radical (unpaired) electrons. The third kappa shape index (κ3) is 3.14. The molecule has 3 rings (SSSR count). The standard InChI is InChI=1S/C16H20N4S/c1-12-5-4-7-20-11-14(18-15(12)20)10-19(3)9-13(2)16-17-6-8-21-16/h4-8,11,13H,9-10H2,1-3H3. The van der Waals surface area contributed by atoms with Crippen molar-refractivity contribution in [3.8, 4) is 0 Å². The van der Waals surface area contributed by atoms with Crippen LogP contribution in [0.25, 0.3) is 5.65 Å². The second kappa shape index (κ2) is 5.95.